The Morgan fingerprint density at radius 2 is 1.96 bits per heavy atom. The highest BCUT2D eigenvalue weighted by molar-refractivity contribution is 7.99. The van der Waals surface area contributed by atoms with E-state index in [0.29, 0.717) is 5.92 Å². The number of likely N-dealkylation sites (tertiary alicyclic amines) is 1. The minimum absolute atomic E-state index is 0.0330. The normalized spacial score (nSPS) is 16.7. The van der Waals surface area contributed by atoms with Crippen LogP contribution in [0.5, 0.6) is 0 Å². The van der Waals surface area contributed by atoms with Gasteiger partial charge in [0.15, 0.2) is 0 Å². The average Bonchev–Trinajstić information content (AvgIpc) is 2.98. The van der Waals surface area contributed by atoms with Gasteiger partial charge >= 0.3 is 0 Å². The minimum atomic E-state index is -0.0330. The number of hydrogen-bond acceptors (Lipinski definition) is 4. The molecule has 1 aromatic carbocycles. The fourth-order valence-corrected chi connectivity index (χ4v) is 4.67. The molecule has 0 spiro atoms. The molecule has 1 aromatic heterocycles. The van der Waals surface area contributed by atoms with E-state index in [1.807, 2.05) is 25.7 Å². The van der Waals surface area contributed by atoms with Crippen LogP contribution in [-0.4, -0.2) is 34.3 Å². The van der Waals surface area contributed by atoms with Gasteiger partial charge in [-0.3, -0.25) is 4.79 Å². The molecule has 5 heteroatoms. The third-order valence-electron chi connectivity index (χ3n) is 5.30. The summed E-state index contributed by atoms with van der Waals surface area (Å²) in [5, 5.41) is 3.95. The Balaban J connectivity index is 1.45. The van der Waals surface area contributed by atoms with E-state index in [4.69, 9.17) is 4.52 Å². The summed E-state index contributed by atoms with van der Waals surface area (Å²) in [6.45, 7) is 7.66. The summed E-state index contributed by atoms with van der Waals surface area (Å²) < 4.78 is 5.21. The topological polar surface area (TPSA) is 46.3 Å². The highest BCUT2D eigenvalue weighted by Crippen LogP contribution is 2.26. The Morgan fingerprint density at radius 1 is 1.27 bits per heavy atom. The lowest BCUT2D eigenvalue weighted by molar-refractivity contribution is -0.131. The Bertz CT molecular complexity index is 701. The fraction of sp³-hybridized carbons (Fsp3) is 0.524. The van der Waals surface area contributed by atoms with Crippen molar-refractivity contribution >= 4 is 17.7 Å². The van der Waals surface area contributed by atoms with Crippen molar-refractivity contribution in [3.05, 3.63) is 52.9 Å². The van der Waals surface area contributed by atoms with E-state index in [2.05, 4.69) is 35.5 Å². The number of aryl methyl sites for hydroxylation is 2. The van der Waals surface area contributed by atoms with Gasteiger partial charge in [-0.1, -0.05) is 35.5 Å². The molecule has 1 fully saturated rings. The quantitative estimate of drug-likeness (QED) is 0.754. The van der Waals surface area contributed by atoms with Crippen LogP contribution in [0.3, 0.4) is 0 Å². The summed E-state index contributed by atoms with van der Waals surface area (Å²) >= 11 is 1.68. The second kappa shape index (κ2) is 8.76. The standard InChI is InChI=1S/C21H28N2O2S/c1-15-20(16(2)25-22-15)14-26-17(3)21(24)23-11-9-19(10-12-23)13-18-7-5-4-6-8-18/h4-8,17,19H,9-14H2,1-3H3. The summed E-state index contributed by atoms with van der Waals surface area (Å²) in [5.74, 6) is 2.58. The van der Waals surface area contributed by atoms with Crippen molar-refractivity contribution in [3.63, 3.8) is 0 Å². The molecule has 2 heterocycles. The number of carbonyl (C=O) groups excluding carboxylic acids is 1. The van der Waals surface area contributed by atoms with Crippen LogP contribution in [0.1, 0.15) is 42.3 Å². The molecule has 0 bridgehead atoms. The van der Waals surface area contributed by atoms with Crippen molar-refractivity contribution in [1.29, 1.82) is 0 Å². The second-order valence-electron chi connectivity index (χ2n) is 7.21. The third kappa shape index (κ3) is 4.70. The van der Waals surface area contributed by atoms with E-state index in [-0.39, 0.29) is 11.2 Å². The fourth-order valence-electron chi connectivity index (χ4n) is 3.55. The van der Waals surface area contributed by atoms with Crippen LogP contribution in [0.15, 0.2) is 34.9 Å². The molecule has 1 unspecified atom stereocenters. The summed E-state index contributed by atoms with van der Waals surface area (Å²) in [6.07, 6.45) is 3.32. The van der Waals surface area contributed by atoms with Crippen molar-refractivity contribution in [1.82, 2.24) is 10.1 Å². The summed E-state index contributed by atoms with van der Waals surface area (Å²) in [4.78, 5) is 14.8. The highest BCUT2D eigenvalue weighted by Gasteiger charge is 2.26. The van der Waals surface area contributed by atoms with Crippen molar-refractivity contribution < 1.29 is 9.32 Å². The van der Waals surface area contributed by atoms with E-state index >= 15 is 0 Å². The molecule has 1 aliphatic rings. The van der Waals surface area contributed by atoms with Gasteiger partial charge in [-0.15, -0.1) is 11.8 Å². The Labute approximate surface area is 160 Å². The number of thioether (sulfide) groups is 1. The summed E-state index contributed by atoms with van der Waals surface area (Å²) in [6, 6.07) is 10.7. The zero-order valence-electron chi connectivity index (χ0n) is 15.9. The Hall–Kier alpha value is -1.75. The lowest BCUT2D eigenvalue weighted by Gasteiger charge is -2.33. The number of amides is 1. The molecule has 0 N–H and O–H groups in total. The zero-order valence-corrected chi connectivity index (χ0v) is 16.7. The maximum Gasteiger partial charge on any atom is 0.235 e. The van der Waals surface area contributed by atoms with Gasteiger partial charge in [0.1, 0.15) is 5.76 Å². The van der Waals surface area contributed by atoms with Gasteiger partial charge in [0, 0.05) is 24.4 Å². The monoisotopic (exact) mass is 372 g/mol. The van der Waals surface area contributed by atoms with E-state index in [0.717, 1.165) is 55.1 Å². The van der Waals surface area contributed by atoms with Crippen LogP contribution in [-0.2, 0) is 17.0 Å². The molecular weight excluding hydrogens is 344 g/mol. The molecule has 1 aliphatic heterocycles. The molecule has 2 aromatic rings. The van der Waals surface area contributed by atoms with Gasteiger partial charge in [-0.25, -0.2) is 0 Å². The lowest BCUT2D eigenvalue weighted by Crippen LogP contribution is -2.42. The number of carbonyl (C=O) groups is 1. The molecule has 1 saturated heterocycles. The number of benzene rings is 1. The first kappa shape index (κ1) is 19.0. The number of hydrogen-bond donors (Lipinski definition) is 0. The first-order valence-corrected chi connectivity index (χ1v) is 10.5. The largest absolute Gasteiger partial charge is 0.361 e. The maximum atomic E-state index is 12.8. The molecule has 26 heavy (non-hydrogen) atoms. The number of aromatic nitrogens is 1. The third-order valence-corrected chi connectivity index (χ3v) is 6.46. The van der Waals surface area contributed by atoms with Crippen LogP contribution < -0.4 is 0 Å². The lowest BCUT2D eigenvalue weighted by atomic mass is 9.90. The molecule has 0 saturated carbocycles. The van der Waals surface area contributed by atoms with Crippen molar-refractivity contribution in [2.75, 3.05) is 13.1 Å². The van der Waals surface area contributed by atoms with Gasteiger partial charge in [-0.2, -0.15) is 0 Å². The minimum Gasteiger partial charge on any atom is -0.361 e. The van der Waals surface area contributed by atoms with E-state index in [9.17, 15) is 4.79 Å². The number of rotatable bonds is 6. The van der Waals surface area contributed by atoms with Crippen molar-refractivity contribution in [3.8, 4) is 0 Å². The van der Waals surface area contributed by atoms with Crippen molar-refractivity contribution in [2.24, 2.45) is 5.92 Å². The van der Waals surface area contributed by atoms with Crippen LogP contribution in [0.2, 0.25) is 0 Å². The highest BCUT2D eigenvalue weighted by atomic mass is 32.2. The van der Waals surface area contributed by atoms with E-state index in [1.165, 1.54) is 5.56 Å². The number of nitrogens with zero attached hydrogens (tertiary/aromatic N) is 2. The van der Waals surface area contributed by atoms with Gasteiger partial charge < -0.3 is 9.42 Å². The maximum absolute atomic E-state index is 12.8. The van der Waals surface area contributed by atoms with Gasteiger partial charge in [0.2, 0.25) is 5.91 Å². The summed E-state index contributed by atoms with van der Waals surface area (Å²) in [7, 11) is 0. The van der Waals surface area contributed by atoms with Crippen LogP contribution >= 0.6 is 11.8 Å². The van der Waals surface area contributed by atoms with Crippen LogP contribution in [0.4, 0.5) is 0 Å². The van der Waals surface area contributed by atoms with E-state index in [1.54, 1.807) is 11.8 Å². The predicted molar refractivity (Wildman–Crippen MR) is 106 cm³/mol. The molecular formula is C21H28N2O2S. The van der Waals surface area contributed by atoms with Gasteiger partial charge in [-0.05, 0) is 51.5 Å². The van der Waals surface area contributed by atoms with Gasteiger partial charge in [0.25, 0.3) is 0 Å². The average molecular weight is 373 g/mol. The van der Waals surface area contributed by atoms with Crippen LogP contribution in [0.25, 0.3) is 0 Å². The molecule has 1 atom stereocenters. The first-order valence-electron chi connectivity index (χ1n) is 9.40. The van der Waals surface area contributed by atoms with Crippen LogP contribution in [0, 0.1) is 19.8 Å². The summed E-state index contributed by atoms with van der Waals surface area (Å²) in [5.41, 5.74) is 3.45. The SMILES string of the molecule is Cc1noc(C)c1CSC(C)C(=O)N1CCC(Cc2ccccc2)CC1. The first-order chi connectivity index (χ1) is 12.5. The Kier molecular flexibility index (Phi) is 6.41. The molecule has 140 valence electrons. The smallest absolute Gasteiger partial charge is 0.235 e. The molecule has 0 radical (unpaired) electrons. The molecule has 0 aliphatic carbocycles. The van der Waals surface area contributed by atoms with Gasteiger partial charge in [0.05, 0.1) is 10.9 Å². The molecule has 1 amide bonds. The second-order valence-corrected chi connectivity index (χ2v) is 8.54. The predicted octanol–water partition coefficient (Wildman–Crippen LogP) is 4.39. The Morgan fingerprint density at radius 3 is 2.58 bits per heavy atom. The molecule has 4 nitrogen and oxygen atoms in total. The zero-order chi connectivity index (χ0) is 18.5. The number of piperidine rings is 1. The van der Waals surface area contributed by atoms with Crippen molar-refractivity contribution in [2.45, 2.75) is 51.0 Å². The van der Waals surface area contributed by atoms with E-state index < -0.39 is 0 Å². The molecule has 3 rings (SSSR count).